The topological polar surface area (TPSA) is 30.7 Å². The first-order valence-corrected chi connectivity index (χ1v) is 12.5. The van der Waals surface area contributed by atoms with Crippen LogP contribution in [0.4, 0.5) is 0 Å². The SMILES string of the molecule is c1ccc2c(c1)c1ncccc1c1c2c2ccccc2n1-c1ccc2cc(-c3ccncc3)ccc2c1. The van der Waals surface area contributed by atoms with Crippen LogP contribution in [-0.4, -0.2) is 14.5 Å². The van der Waals surface area contributed by atoms with E-state index in [-0.39, 0.29) is 0 Å². The highest BCUT2D eigenvalue weighted by molar-refractivity contribution is 6.31. The molecule has 0 saturated heterocycles. The number of nitrogens with zero attached hydrogens (tertiary/aromatic N) is 3. The predicted octanol–water partition coefficient (Wildman–Crippen LogP) is 8.70. The second-order valence-electron chi connectivity index (χ2n) is 9.50. The van der Waals surface area contributed by atoms with E-state index in [1.54, 1.807) is 0 Å². The molecule has 0 atom stereocenters. The van der Waals surface area contributed by atoms with E-state index in [1.807, 2.05) is 24.7 Å². The zero-order chi connectivity index (χ0) is 24.3. The Morgan fingerprint density at radius 3 is 2.14 bits per heavy atom. The van der Waals surface area contributed by atoms with Crippen molar-refractivity contribution in [3.8, 4) is 16.8 Å². The van der Waals surface area contributed by atoms with Crippen molar-refractivity contribution in [2.24, 2.45) is 0 Å². The van der Waals surface area contributed by atoms with Gasteiger partial charge in [-0.1, -0.05) is 60.7 Å². The number of aromatic nitrogens is 3. The van der Waals surface area contributed by atoms with Gasteiger partial charge in [0.1, 0.15) is 0 Å². The Morgan fingerprint density at radius 2 is 1.24 bits per heavy atom. The van der Waals surface area contributed by atoms with Gasteiger partial charge in [-0.25, -0.2) is 0 Å². The molecule has 0 aliphatic rings. The van der Waals surface area contributed by atoms with Gasteiger partial charge < -0.3 is 4.57 Å². The fraction of sp³-hybridized carbons (Fsp3) is 0. The molecule has 8 aromatic rings. The predicted molar refractivity (Wildman–Crippen MR) is 154 cm³/mol. The number of fused-ring (bicyclic) bond motifs is 9. The highest BCUT2D eigenvalue weighted by Gasteiger charge is 2.19. The molecule has 3 aromatic heterocycles. The molecule has 37 heavy (non-hydrogen) atoms. The van der Waals surface area contributed by atoms with Gasteiger partial charge >= 0.3 is 0 Å². The molecule has 0 saturated carbocycles. The van der Waals surface area contributed by atoms with Crippen LogP contribution < -0.4 is 0 Å². The molecule has 3 nitrogen and oxygen atoms in total. The largest absolute Gasteiger partial charge is 0.309 e. The Kier molecular flexibility index (Phi) is 4.23. The van der Waals surface area contributed by atoms with Crippen LogP contribution in [0.5, 0.6) is 0 Å². The Bertz CT molecular complexity index is 2140. The zero-order valence-electron chi connectivity index (χ0n) is 20.0. The summed E-state index contributed by atoms with van der Waals surface area (Å²) in [6, 6.07) is 39.2. The molecule has 0 aliphatic carbocycles. The molecule has 8 rings (SSSR count). The molecule has 172 valence electrons. The average molecular weight is 472 g/mol. The maximum atomic E-state index is 4.84. The van der Waals surface area contributed by atoms with Crippen LogP contribution in [0.25, 0.3) is 71.1 Å². The number of benzene rings is 5. The van der Waals surface area contributed by atoms with Gasteiger partial charge in [0.2, 0.25) is 0 Å². The first-order valence-electron chi connectivity index (χ1n) is 12.5. The Hall–Kier alpha value is -5.02. The third-order valence-corrected chi connectivity index (χ3v) is 7.48. The van der Waals surface area contributed by atoms with Crippen LogP contribution in [0.15, 0.2) is 128 Å². The molecular weight excluding hydrogens is 450 g/mol. The summed E-state index contributed by atoms with van der Waals surface area (Å²) >= 11 is 0. The van der Waals surface area contributed by atoms with Crippen LogP contribution >= 0.6 is 0 Å². The van der Waals surface area contributed by atoms with Crippen LogP contribution in [0.3, 0.4) is 0 Å². The van der Waals surface area contributed by atoms with Crippen molar-refractivity contribution in [3.63, 3.8) is 0 Å². The van der Waals surface area contributed by atoms with Crippen molar-refractivity contribution in [1.82, 2.24) is 14.5 Å². The molecule has 0 N–H and O–H groups in total. The first kappa shape index (κ1) is 20.2. The summed E-state index contributed by atoms with van der Waals surface area (Å²) in [6.07, 6.45) is 5.57. The fourth-order valence-electron chi connectivity index (χ4n) is 5.85. The smallest absolute Gasteiger partial charge is 0.0801 e. The van der Waals surface area contributed by atoms with Gasteiger partial charge in [0.25, 0.3) is 0 Å². The van der Waals surface area contributed by atoms with Gasteiger partial charge in [-0.15, -0.1) is 0 Å². The fourth-order valence-corrected chi connectivity index (χ4v) is 5.85. The summed E-state index contributed by atoms with van der Waals surface area (Å²) < 4.78 is 2.41. The highest BCUT2D eigenvalue weighted by atomic mass is 15.0. The molecule has 0 bridgehead atoms. The summed E-state index contributed by atoms with van der Waals surface area (Å²) in [6.45, 7) is 0. The van der Waals surface area contributed by atoms with E-state index in [4.69, 9.17) is 4.98 Å². The lowest BCUT2D eigenvalue weighted by molar-refractivity contribution is 1.19. The van der Waals surface area contributed by atoms with Gasteiger partial charge in [-0.05, 0) is 75.8 Å². The minimum atomic E-state index is 1.04. The molecule has 0 unspecified atom stereocenters. The number of pyridine rings is 2. The van der Waals surface area contributed by atoms with E-state index in [2.05, 4.69) is 113 Å². The third kappa shape index (κ3) is 2.95. The quantitative estimate of drug-likeness (QED) is 0.236. The number of para-hydroxylation sites is 1. The van der Waals surface area contributed by atoms with Crippen molar-refractivity contribution in [2.45, 2.75) is 0 Å². The summed E-state index contributed by atoms with van der Waals surface area (Å²) in [5.74, 6) is 0. The van der Waals surface area contributed by atoms with E-state index in [0.29, 0.717) is 0 Å². The van der Waals surface area contributed by atoms with Crippen molar-refractivity contribution in [1.29, 1.82) is 0 Å². The van der Waals surface area contributed by atoms with Crippen molar-refractivity contribution >= 4 is 54.3 Å². The second-order valence-corrected chi connectivity index (χ2v) is 9.50. The molecule has 0 aliphatic heterocycles. The molecule has 3 heteroatoms. The Labute approximate surface area is 213 Å². The van der Waals surface area contributed by atoms with Gasteiger partial charge in [-0.2, -0.15) is 0 Å². The summed E-state index contributed by atoms with van der Waals surface area (Å²) in [5, 5.41) is 8.56. The average Bonchev–Trinajstić information content (AvgIpc) is 3.33. The first-order chi connectivity index (χ1) is 18.4. The van der Waals surface area contributed by atoms with Gasteiger partial charge in [0.05, 0.1) is 16.6 Å². The van der Waals surface area contributed by atoms with E-state index in [9.17, 15) is 0 Å². The third-order valence-electron chi connectivity index (χ3n) is 7.48. The molecule has 0 fully saturated rings. The minimum Gasteiger partial charge on any atom is -0.309 e. The van der Waals surface area contributed by atoms with Gasteiger partial charge in [0, 0.05) is 45.8 Å². The van der Waals surface area contributed by atoms with Crippen molar-refractivity contribution < 1.29 is 0 Å². The maximum absolute atomic E-state index is 4.84. The Balaban J connectivity index is 1.47. The summed E-state index contributed by atoms with van der Waals surface area (Å²) in [4.78, 5) is 8.99. The minimum absolute atomic E-state index is 1.04. The monoisotopic (exact) mass is 471 g/mol. The van der Waals surface area contributed by atoms with Crippen molar-refractivity contribution in [2.75, 3.05) is 0 Å². The Morgan fingerprint density at radius 1 is 0.514 bits per heavy atom. The van der Waals surface area contributed by atoms with E-state index in [0.717, 1.165) is 11.2 Å². The van der Waals surface area contributed by atoms with Gasteiger partial charge in [-0.3, -0.25) is 9.97 Å². The molecule has 5 aromatic carbocycles. The van der Waals surface area contributed by atoms with Gasteiger partial charge in [0.15, 0.2) is 0 Å². The summed E-state index contributed by atoms with van der Waals surface area (Å²) in [7, 11) is 0. The van der Waals surface area contributed by atoms with E-state index in [1.165, 1.54) is 59.9 Å². The van der Waals surface area contributed by atoms with Crippen LogP contribution in [0.1, 0.15) is 0 Å². The number of hydrogen-bond donors (Lipinski definition) is 0. The van der Waals surface area contributed by atoms with Crippen molar-refractivity contribution in [3.05, 3.63) is 128 Å². The normalized spacial score (nSPS) is 11.8. The molecule has 3 heterocycles. The van der Waals surface area contributed by atoms with Crippen LogP contribution in [0, 0.1) is 0 Å². The lowest BCUT2D eigenvalue weighted by Crippen LogP contribution is -1.95. The highest BCUT2D eigenvalue weighted by Crippen LogP contribution is 2.41. The molecule has 0 amide bonds. The maximum Gasteiger partial charge on any atom is 0.0801 e. The van der Waals surface area contributed by atoms with Crippen LogP contribution in [0.2, 0.25) is 0 Å². The lowest BCUT2D eigenvalue weighted by atomic mass is 9.99. The zero-order valence-corrected chi connectivity index (χ0v) is 20.0. The standard InChI is InChI=1S/C34H21N3/c1-2-7-28-27(6-1)32-29-8-3-4-10-31(29)37(34(32)30-9-5-17-36-33(28)30)26-14-13-24-20-23(11-12-25(24)21-26)22-15-18-35-19-16-22/h1-21H. The van der Waals surface area contributed by atoms with Crippen LogP contribution in [-0.2, 0) is 0 Å². The molecule has 0 spiro atoms. The van der Waals surface area contributed by atoms with E-state index < -0.39 is 0 Å². The van der Waals surface area contributed by atoms with E-state index >= 15 is 0 Å². The summed E-state index contributed by atoms with van der Waals surface area (Å²) in [5.41, 5.74) is 6.97. The lowest BCUT2D eigenvalue weighted by Gasteiger charge is -2.13. The molecule has 0 radical (unpaired) electrons. The number of hydrogen-bond acceptors (Lipinski definition) is 2. The number of rotatable bonds is 2. The molecular formula is C34H21N3. The second kappa shape index (κ2) is 7.74.